The molecule has 24 heavy (non-hydrogen) atoms. The molecule has 1 aliphatic heterocycles. The number of benzene rings is 1. The van der Waals surface area contributed by atoms with Crippen molar-refractivity contribution in [3.63, 3.8) is 0 Å². The molecule has 3 aromatic heterocycles. The number of hydrogen-bond acceptors (Lipinski definition) is 4. The zero-order valence-electron chi connectivity index (χ0n) is 13.0. The van der Waals surface area contributed by atoms with Crippen molar-refractivity contribution in [2.75, 3.05) is 0 Å². The summed E-state index contributed by atoms with van der Waals surface area (Å²) in [5.74, 6) is 0. The van der Waals surface area contributed by atoms with Crippen molar-refractivity contribution < 1.29 is 0 Å². The predicted molar refractivity (Wildman–Crippen MR) is 91.2 cm³/mol. The first kappa shape index (κ1) is 13.4. The lowest BCUT2D eigenvalue weighted by atomic mass is 10.1. The number of nitrogens with one attached hydrogen (secondary N) is 2. The molecule has 1 aliphatic rings. The summed E-state index contributed by atoms with van der Waals surface area (Å²) in [6, 6.07) is 10.4. The zero-order valence-corrected chi connectivity index (χ0v) is 13.0. The highest BCUT2D eigenvalue weighted by Crippen LogP contribution is 2.31. The van der Waals surface area contributed by atoms with E-state index < -0.39 is 0 Å². The maximum Gasteiger partial charge on any atom is 0.0931 e. The van der Waals surface area contributed by atoms with Crippen molar-refractivity contribution in [1.82, 2.24) is 30.0 Å². The van der Waals surface area contributed by atoms with Gasteiger partial charge in [-0.05, 0) is 23.8 Å². The van der Waals surface area contributed by atoms with Crippen molar-refractivity contribution in [3.8, 4) is 11.3 Å². The highest BCUT2D eigenvalue weighted by atomic mass is 15.3. The second-order valence-electron chi connectivity index (χ2n) is 6.03. The first-order chi connectivity index (χ1) is 11.9. The second kappa shape index (κ2) is 5.28. The lowest BCUT2D eigenvalue weighted by Crippen LogP contribution is -2.09. The van der Waals surface area contributed by atoms with Gasteiger partial charge in [-0.3, -0.25) is 9.67 Å². The fraction of sp³-hybridized carbons (Fsp3) is 0.167. The zero-order chi connectivity index (χ0) is 15.9. The minimum Gasteiger partial charge on any atom is -0.345 e. The molecule has 0 amide bonds. The van der Waals surface area contributed by atoms with E-state index in [4.69, 9.17) is 5.10 Å². The molecule has 6 nitrogen and oxygen atoms in total. The molecule has 4 aromatic rings. The summed E-state index contributed by atoms with van der Waals surface area (Å²) in [6.45, 7) is 2.40. The molecule has 0 fully saturated rings. The van der Waals surface area contributed by atoms with Gasteiger partial charge in [-0.1, -0.05) is 12.1 Å². The maximum absolute atomic E-state index is 4.83. The fourth-order valence-electron chi connectivity index (χ4n) is 3.36. The number of aromatic nitrogens is 5. The van der Waals surface area contributed by atoms with Crippen LogP contribution in [-0.2, 0) is 19.6 Å². The third-order valence-electron chi connectivity index (χ3n) is 4.48. The molecular formula is C18H16N6. The Morgan fingerprint density at radius 3 is 3.08 bits per heavy atom. The third kappa shape index (κ3) is 2.11. The van der Waals surface area contributed by atoms with Gasteiger partial charge in [0.05, 0.1) is 35.3 Å². The van der Waals surface area contributed by atoms with Gasteiger partial charge in [0.25, 0.3) is 0 Å². The Morgan fingerprint density at radius 1 is 1.17 bits per heavy atom. The molecule has 0 bridgehead atoms. The van der Waals surface area contributed by atoms with Gasteiger partial charge in [-0.2, -0.15) is 5.10 Å². The Kier molecular flexibility index (Phi) is 2.96. The Morgan fingerprint density at radius 2 is 2.17 bits per heavy atom. The van der Waals surface area contributed by atoms with Crippen LogP contribution in [0.2, 0.25) is 0 Å². The first-order valence-corrected chi connectivity index (χ1v) is 8.00. The Bertz CT molecular complexity index is 1010. The molecule has 0 atom stereocenters. The van der Waals surface area contributed by atoms with E-state index in [0.29, 0.717) is 0 Å². The van der Waals surface area contributed by atoms with Gasteiger partial charge in [0.15, 0.2) is 0 Å². The van der Waals surface area contributed by atoms with Gasteiger partial charge < -0.3 is 10.3 Å². The van der Waals surface area contributed by atoms with Gasteiger partial charge in [-0.15, -0.1) is 0 Å². The molecule has 118 valence electrons. The molecule has 0 saturated heterocycles. The van der Waals surface area contributed by atoms with E-state index >= 15 is 0 Å². The van der Waals surface area contributed by atoms with Crippen LogP contribution in [0.5, 0.6) is 0 Å². The molecule has 0 unspecified atom stereocenters. The van der Waals surface area contributed by atoms with E-state index in [-0.39, 0.29) is 0 Å². The van der Waals surface area contributed by atoms with Crippen molar-refractivity contribution in [1.29, 1.82) is 0 Å². The summed E-state index contributed by atoms with van der Waals surface area (Å²) in [4.78, 5) is 11.7. The number of aromatic amines is 1. The summed E-state index contributed by atoms with van der Waals surface area (Å²) in [6.07, 6.45) is 5.42. The van der Waals surface area contributed by atoms with Crippen LogP contribution >= 0.6 is 0 Å². The molecule has 5 rings (SSSR count). The average Bonchev–Trinajstić information content (AvgIpc) is 3.30. The van der Waals surface area contributed by atoms with Crippen LogP contribution in [0, 0.1) is 0 Å². The first-order valence-electron chi connectivity index (χ1n) is 8.00. The van der Waals surface area contributed by atoms with Crippen LogP contribution in [0.3, 0.4) is 0 Å². The van der Waals surface area contributed by atoms with Gasteiger partial charge >= 0.3 is 0 Å². The predicted octanol–water partition coefficient (Wildman–Crippen LogP) is 2.47. The van der Waals surface area contributed by atoms with Crippen LogP contribution in [0.1, 0.15) is 16.8 Å². The topological polar surface area (TPSA) is 71.4 Å². The van der Waals surface area contributed by atoms with Crippen LogP contribution in [-0.4, -0.2) is 24.7 Å². The van der Waals surface area contributed by atoms with Crippen molar-refractivity contribution in [2.24, 2.45) is 0 Å². The van der Waals surface area contributed by atoms with E-state index in [0.717, 1.165) is 47.5 Å². The van der Waals surface area contributed by atoms with Crippen molar-refractivity contribution in [2.45, 2.75) is 19.6 Å². The standard InChI is InChI=1S/C18H16N6/c1-2-12(7-19-5-1)10-24-18(14-8-20-9-17(14)23-24)13-3-4-15-16(6-13)22-11-21-15/h1-7,11,20H,8-10H2,(H,21,22). The van der Waals surface area contributed by atoms with Crippen LogP contribution in [0.25, 0.3) is 22.3 Å². The molecular weight excluding hydrogens is 300 g/mol. The van der Waals surface area contributed by atoms with E-state index in [2.05, 4.69) is 49.2 Å². The largest absolute Gasteiger partial charge is 0.345 e. The minimum absolute atomic E-state index is 0.717. The summed E-state index contributed by atoms with van der Waals surface area (Å²) >= 11 is 0. The van der Waals surface area contributed by atoms with E-state index in [1.165, 1.54) is 11.3 Å². The molecule has 4 heterocycles. The number of hydrogen-bond donors (Lipinski definition) is 2. The van der Waals surface area contributed by atoms with Gasteiger partial charge in [-0.25, -0.2) is 4.98 Å². The van der Waals surface area contributed by atoms with E-state index in [1.54, 1.807) is 12.5 Å². The lowest BCUT2D eigenvalue weighted by Gasteiger charge is -2.10. The summed E-state index contributed by atoms with van der Waals surface area (Å²) in [7, 11) is 0. The number of rotatable bonds is 3. The summed E-state index contributed by atoms with van der Waals surface area (Å²) in [5.41, 5.74) is 7.91. The maximum atomic E-state index is 4.83. The van der Waals surface area contributed by atoms with Gasteiger partial charge in [0.2, 0.25) is 0 Å². The number of fused-ring (bicyclic) bond motifs is 2. The highest BCUT2D eigenvalue weighted by Gasteiger charge is 2.23. The molecule has 0 radical (unpaired) electrons. The second-order valence-corrected chi connectivity index (χ2v) is 6.03. The minimum atomic E-state index is 0.717. The van der Waals surface area contributed by atoms with Crippen LogP contribution in [0.4, 0.5) is 0 Å². The SMILES string of the molecule is c1cncc(Cn2nc3c(c2-c2ccc4[nH]cnc4c2)CNC3)c1. The number of imidazole rings is 1. The quantitative estimate of drug-likeness (QED) is 0.609. The van der Waals surface area contributed by atoms with Crippen LogP contribution in [0.15, 0.2) is 49.1 Å². The smallest absolute Gasteiger partial charge is 0.0931 e. The van der Waals surface area contributed by atoms with Gasteiger partial charge in [0, 0.05) is 36.6 Å². The molecule has 0 aliphatic carbocycles. The van der Waals surface area contributed by atoms with E-state index in [1.807, 2.05) is 12.3 Å². The molecule has 1 aromatic carbocycles. The highest BCUT2D eigenvalue weighted by molar-refractivity contribution is 5.81. The Balaban J connectivity index is 1.65. The summed E-state index contributed by atoms with van der Waals surface area (Å²) in [5, 5.41) is 8.22. The molecule has 0 spiro atoms. The molecule has 2 N–H and O–H groups in total. The molecule has 6 heteroatoms. The summed E-state index contributed by atoms with van der Waals surface area (Å²) < 4.78 is 2.09. The third-order valence-corrected chi connectivity index (χ3v) is 4.48. The van der Waals surface area contributed by atoms with Gasteiger partial charge in [0.1, 0.15) is 0 Å². The number of pyridine rings is 1. The Hall–Kier alpha value is -2.99. The van der Waals surface area contributed by atoms with Crippen molar-refractivity contribution in [3.05, 3.63) is 65.9 Å². The van der Waals surface area contributed by atoms with Crippen LogP contribution < -0.4 is 5.32 Å². The van der Waals surface area contributed by atoms with Crippen molar-refractivity contribution >= 4 is 11.0 Å². The fourth-order valence-corrected chi connectivity index (χ4v) is 3.36. The number of nitrogens with zero attached hydrogens (tertiary/aromatic N) is 4. The lowest BCUT2D eigenvalue weighted by molar-refractivity contribution is 0.650. The molecule has 0 saturated carbocycles. The monoisotopic (exact) mass is 316 g/mol. The number of H-pyrrole nitrogens is 1. The Labute approximate surface area is 138 Å². The van der Waals surface area contributed by atoms with E-state index in [9.17, 15) is 0 Å². The normalized spacial score (nSPS) is 13.5. The average molecular weight is 316 g/mol.